The van der Waals surface area contributed by atoms with Crippen LogP contribution in [0.2, 0.25) is 0 Å². The fourth-order valence-electron chi connectivity index (χ4n) is 3.74. The van der Waals surface area contributed by atoms with Gasteiger partial charge in [-0.15, -0.1) is 0 Å². The van der Waals surface area contributed by atoms with Crippen LogP contribution < -0.4 is 15.4 Å². The predicted octanol–water partition coefficient (Wildman–Crippen LogP) is 3.93. The lowest BCUT2D eigenvalue weighted by Crippen LogP contribution is -2.29. The fraction of sp³-hybridized carbons (Fsp3) is 0.346. The summed E-state index contributed by atoms with van der Waals surface area (Å²) in [5.74, 6) is 0.895. The normalized spacial score (nSPS) is 15.3. The maximum atomic E-state index is 12.6. The third kappa shape index (κ3) is 6.84. The quantitative estimate of drug-likeness (QED) is 0.436. The highest BCUT2D eigenvalue weighted by atomic mass is 16.5. The van der Waals surface area contributed by atoms with E-state index in [-0.39, 0.29) is 29.5 Å². The minimum atomic E-state index is -0.964. The highest BCUT2D eigenvalue weighted by Gasteiger charge is 2.27. The summed E-state index contributed by atoms with van der Waals surface area (Å²) in [4.78, 5) is 41.4. The van der Waals surface area contributed by atoms with E-state index in [0.717, 1.165) is 5.56 Å². The summed E-state index contributed by atoms with van der Waals surface area (Å²) >= 11 is 0. The molecule has 1 aliphatic rings. The van der Waals surface area contributed by atoms with Crippen molar-refractivity contribution in [2.24, 2.45) is 0 Å². The molecule has 1 aliphatic heterocycles. The topological polar surface area (TPSA) is 147 Å². The summed E-state index contributed by atoms with van der Waals surface area (Å²) < 4.78 is 11.0. The number of aromatic nitrogens is 2. The van der Waals surface area contributed by atoms with Crippen molar-refractivity contribution in [2.45, 2.75) is 45.1 Å². The highest BCUT2D eigenvalue weighted by Crippen LogP contribution is 2.24. The summed E-state index contributed by atoms with van der Waals surface area (Å²) in [5.41, 5.74) is 1.32. The molecule has 11 nitrogen and oxygen atoms in total. The number of ether oxygens (including phenoxy) is 1. The SMILES string of the molecule is CC(C)(C)c1cc(NC(=O)Cc2ccc(NC(=O)c3ccc(OC4CCN(C(=O)O)C4)cn3)cc2)no1. The zero-order valence-electron chi connectivity index (χ0n) is 20.9. The number of nitrogens with zero attached hydrogens (tertiary/aromatic N) is 3. The molecule has 0 spiro atoms. The zero-order valence-corrected chi connectivity index (χ0v) is 20.9. The summed E-state index contributed by atoms with van der Waals surface area (Å²) in [6.07, 6.45) is 0.980. The van der Waals surface area contributed by atoms with Gasteiger partial charge < -0.3 is 29.9 Å². The van der Waals surface area contributed by atoms with Gasteiger partial charge in [-0.1, -0.05) is 38.1 Å². The number of carboxylic acid groups (broad SMARTS) is 1. The second kappa shape index (κ2) is 10.7. The first-order valence-corrected chi connectivity index (χ1v) is 11.8. The van der Waals surface area contributed by atoms with Crippen LogP contribution >= 0.6 is 0 Å². The Bertz CT molecular complexity index is 1260. The van der Waals surface area contributed by atoms with Crippen molar-refractivity contribution < 1.29 is 28.8 Å². The van der Waals surface area contributed by atoms with Crippen molar-refractivity contribution in [3.05, 3.63) is 65.7 Å². The number of carbonyl (C=O) groups is 3. The van der Waals surface area contributed by atoms with Gasteiger partial charge in [0, 0.05) is 30.1 Å². The van der Waals surface area contributed by atoms with Gasteiger partial charge in [0.2, 0.25) is 5.91 Å². The van der Waals surface area contributed by atoms with Gasteiger partial charge in [-0.05, 0) is 29.8 Å². The van der Waals surface area contributed by atoms with Gasteiger partial charge in [-0.25, -0.2) is 9.78 Å². The first-order chi connectivity index (χ1) is 17.6. The molecule has 3 aromatic rings. The molecule has 194 valence electrons. The molecule has 3 heterocycles. The van der Waals surface area contributed by atoms with Gasteiger partial charge in [0.15, 0.2) is 5.82 Å². The lowest BCUT2D eigenvalue weighted by molar-refractivity contribution is -0.115. The molecular weight excluding hydrogens is 478 g/mol. The number of carbonyl (C=O) groups excluding carboxylic acids is 2. The van der Waals surface area contributed by atoms with Gasteiger partial charge >= 0.3 is 6.09 Å². The first kappa shape index (κ1) is 25.7. The number of pyridine rings is 1. The molecule has 11 heteroatoms. The number of anilines is 2. The molecule has 2 aromatic heterocycles. The molecule has 0 bridgehead atoms. The molecule has 0 radical (unpaired) electrons. The van der Waals surface area contributed by atoms with Crippen LogP contribution in [0.15, 0.2) is 53.2 Å². The van der Waals surface area contributed by atoms with E-state index in [1.165, 1.54) is 11.1 Å². The van der Waals surface area contributed by atoms with E-state index in [2.05, 4.69) is 20.8 Å². The van der Waals surface area contributed by atoms with E-state index >= 15 is 0 Å². The highest BCUT2D eigenvalue weighted by molar-refractivity contribution is 6.02. The second-order valence-corrected chi connectivity index (χ2v) is 9.84. The molecule has 0 saturated carbocycles. The van der Waals surface area contributed by atoms with E-state index < -0.39 is 12.0 Å². The van der Waals surface area contributed by atoms with E-state index in [4.69, 9.17) is 14.4 Å². The molecule has 0 aliphatic carbocycles. The van der Waals surface area contributed by atoms with Crippen molar-refractivity contribution in [1.82, 2.24) is 15.0 Å². The molecule has 4 rings (SSSR count). The standard InChI is InChI=1S/C26H29N5O6/c1-26(2,3)21-13-22(30-37-21)29-23(32)12-16-4-6-17(7-5-16)28-24(33)20-9-8-18(14-27-20)36-19-10-11-31(15-19)25(34)35/h4-9,13-14,19H,10-12,15H2,1-3H3,(H,28,33)(H,34,35)(H,29,30,32). The Morgan fingerprint density at radius 1 is 1.14 bits per heavy atom. The molecule has 1 aromatic carbocycles. The zero-order chi connectivity index (χ0) is 26.6. The number of likely N-dealkylation sites (tertiary alicyclic amines) is 1. The van der Waals surface area contributed by atoms with Crippen molar-refractivity contribution in [3.63, 3.8) is 0 Å². The Morgan fingerprint density at radius 2 is 1.89 bits per heavy atom. The van der Waals surface area contributed by atoms with Crippen LogP contribution in [0.4, 0.5) is 16.3 Å². The second-order valence-electron chi connectivity index (χ2n) is 9.84. The molecule has 3 amide bonds. The van der Waals surface area contributed by atoms with E-state index in [0.29, 0.717) is 42.5 Å². The fourth-order valence-corrected chi connectivity index (χ4v) is 3.74. The summed E-state index contributed by atoms with van der Waals surface area (Å²) in [7, 11) is 0. The van der Waals surface area contributed by atoms with Crippen LogP contribution in [-0.2, 0) is 16.6 Å². The molecule has 3 N–H and O–H groups in total. The number of rotatable bonds is 7. The third-order valence-corrected chi connectivity index (χ3v) is 5.78. The maximum Gasteiger partial charge on any atom is 0.407 e. The summed E-state index contributed by atoms with van der Waals surface area (Å²) in [6, 6.07) is 11.8. The Balaban J connectivity index is 1.26. The van der Waals surface area contributed by atoms with E-state index in [1.807, 2.05) is 20.8 Å². The van der Waals surface area contributed by atoms with Gasteiger partial charge in [-0.2, -0.15) is 0 Å². The summed E-state index contributed by atoms with van der Waals surface area (Å²) in [6.45, 7) is 6.71. The Labute approximate surface area is 213 Å². The monoisotopic (exact) mass is 507 g/mol. The van der Waals surface area contributed by atoms with E-state index in [1.54, 1.807) is 42.5 Å². The first-order valence-electron chi connectivity index (χ1n) is 11.8. The average Bonchev–Trinajstić information content (AvgIpc) is 3.51. The minimum Gasteiger partial charge on any atom is -0.487 e. The van der Waals surface area contributed by atoms with Gasteiger partial charge in [0.1, 0.15) is 23.3 Å². The maximum absolute atomic E-state index is 12.6. The van der Waals surface area contributed by atoms with Crippen LogP contribution in [0.1, 0.15) is 49.0 Å². The summed E-state index contributed by atoms with van der Waals surface area (Å²) in [5, 5.41) is 18.4. The van der Waals surface area contributed by atoms with Crippen LogP contribution in [-0.4, -0.2) is 57.2 Å². The third-order valence-electron chi connectivity index (χ3n) is 5.78. The molecule has 1 fully saturated rings. The van der Waals surface area contributed by atoms with Crippen molar-refractivity contribution in [3.8, 4) is 5.75 Å². The molecule has 1 unspecified atom stereocenters. The molecule has 1 saturated heterocycles. The number of amides is 3. The van der Waals surface area contributed by atoms with Crippen LogP contribution in [0, 0.1) is 0 Å². The van der Waals surface area contributed by atoms with Crippen LogP contribution in [0.5, 0.6) is 5.75 Å². The minimum absolute atomic E-state index is 0.139. The van der Waals surface area contributed by atoms with Crippen molar-refractivity contribution >= 4 is 29.4 Å². The number of nitrogens with one attached hydrogen (secondary N) is 2. The molecule has 1 atom stereocenters. The number of hydrogen-bond donors (Lipinski definition) is 3. The number of benzene rings is 1. The lowest BCUT2D eigenvalue weighted by atomic mass is 9.93. The average molecular weight is 508 g/mol. The van der Waals surface area contributed by atoms with Gasteiger partial charge in [0.25, 0.3) is 5.91 Å². The Morgan fingerprint density at radius 3 is 2.49 bits per heavy atom. The Kier molecular flexibility index (Phi) is 7.42. The van der Waals surface area contributed by atoms with Crippen LogP contribution in [0.25, 0.3) is 0 Å². The van der Waals surface area contributed by atoms with Crippen molar-refractivity contribution in [1.29, 1.82) is 0 Å². The smallest absolute Gasteiger partial charge is 0.407 e. The Hall–Kier alpha value is -4.41. The van der Waals surface area contributed by atoms with Crippen molar-refractivity contribution in [2.75, 3.05) is 23.7 Å². The van der Waals surface area contributed by atoms with Crippen LogP contribution in [0.3, 0.4) is 0 Å². The predicted molar refractivity (Wildman–Crippen MR) is 135 cm³/mol. The van der Waals surface area contributed by atoms with E-state index in [9.17, 15) is 14.4 Å². The number of hydrogen-bond acceptors (Lipinski definition) is 7. The van der Waals surface area contributed by atoms with Gasteiger partial charge in [0.05, 0.1) is 19.2 Å². The molecule has 37 heavy (non-hydrogen) atoms. The van der Waals surface area contributed by atoms with Gasteiger partial charge in [-0.3, -0.25) is 9.59 Å². The largest absolute Gasteiger partial charge is 0.487 e. The molecular formula is C26H29N5O6. The lowest BCUT2D eigenvalue weighted by Gasteiger charge is -2.14.